The molecule has 1 N–H and O–H groups in total. The zero-order valence-electron chi connectivity index (χ0n) is 14.3. The molecule has 0 aromatic heterocycles. The van der Waals surface area contributed by atoms with Gasteiger partial charge in [-0.15, -0.1) is 0 Å². The van der Waals surface area contributed by atoms with Crippen LogP contribution in [0.25, 0.3) is 0 Å². The molecule has 0 saturated heterocycles. The Balaban J connectivity index is 1.98. The van der Waals surface area contributed by atoms with Crippen molar-refractivity contribution >= 4 is 6.03 Å². The third-order valence-corrected chi connectivity index (χ3v) is 4.68. The summed E-state index contributed by atoms with van der Waals surface area (Å²) in [6.45, 7) is 5.11. The Morgan fingerprint density at radius 1 is 1.39 bits per heavy atom. The number of ether oxygens (including phenoxy) is 1. The van der Waals surface area contributed by atoms with Crippen LogP contribution in [0.4, 0.5) is 9.18 Å². The van der Waals surface area contributed by atoms with Crippen LogP contribution in [0.15, 0.2) is 18.2 Å². The Labute approximate surface area is 138 Å². The third kappa shape index (κ3) is 4.60. The van der Waals surface area contributed by atoms with E-state index >= 15 is 0 Å². The highest BCUT2D eigenvalue weighted by Crippen LogP contribution is 2.24. The summed E-state index contributed by atoms with van der Waals surface area (Å²) in [6.07, 6.45) is 4.63. The molecule has 0 radical (unpaired) electrons. The molecule has 4 nitrogen and oxygen atoms in total. The molecule has 5 heteroatoms. The van der Waals surface area contributed by atoms with Crippen molar-refractivity contribution in [1.82, 2.24) is 10.2 Å². The maximum atomic E-state index is 13.8. The van der Waals surface area contributed by atoms with Gasteiger partial charge in [0.2, 0.25) is 0 Å². The van der Waals surface area contributed by atoms with Gasteiger partial charge in [0.15, 0.2) is 11.6 Å². The number of methoxy groups -OCH3 is 1. The van der Waals surface area contributed by atoms with Crippen LogP contribution in [0, 0.1) is 11.7 Å². The van der Waals surface area contributed by atoms with Crippen molar-refractivity contribution in [3.63, 3.8) is 0 Å². The summed E-state index contributed by atoms with van der Waals surface area (Å²) in [5.41, 5.74) is 0.761. The SMILES string of the molecule is CCN(Cc1ccc(OC)c(F)c1)C(=O)NC1CCCCC1C. The van der Waals surface area contributed by atoms with E-state index < -0.39 is 5.82 Å². The molecule has 2 unspecified atom stereocenters. The van der Waals surface area contributed by atoms with E-state index in [1.165, 1.54) is 32.4 Å². The quantitative estimate of drug-likeness (QED) is 0.892. The molecule has 1 fully saturated rings. The van der Waals surface area contributed by atoms with E-state index in [-0.39, 0.29) is 17.8 Å². The topological polar surface area (TPSA) is 41.6 Å². The minimum atomic E-state index is -0.401. The van der Waals surface area contributed by atoms with Gasteiger partial charge in [-0.05, 0) is 43.4 Å². The first kappa shape index (κ1) is 17.6. The van der Waals surface area contributed by atoms with Crippen LogP contribution in [0.1, 0.15) is 45.1 Å². The second kappa shape index (κ2) is 8.18. The highest BCUT2D eigenvalue weighted by atomic mass is 19.1. The second-order valence-corrected chi connectivity index (χ2v) is 6.30. The van der Waals surface area contributed by atoms with Gasteiger partial charge < -0.3 is 15.0 Å². The third-order valence-electron chi connectivity index (χ3n) is 4.68. The second-order valence-electron chi connectivity index (χ2n) is 6.30. The van der Waals surface area contributed by atoms with E-state index in [1.54, 1.807) is 17.0 Å². The molecule has 1 saturated carbocycles. The average molecular weight is 322 g/mol. The van der Waals surface area contributed by atoms with Gasteiger partial charge >= 0.3 is 6.03 Å². The monoisotopic (exact) mass is 322 g/mol. The molecule has 1 aliphatic carbocycles. The van der Waals surface area contributed by atoms with Crippen LogP contribution < -0.4 is 10.1 Å². The summed E-state index contributed by atoms with van der Waals surface area (Å²) >= 11 is 0. The Hall–Kier alpha value is -1.78. The van der Waals surface area contributed by atoms with Crippen molar-refractivity contribution in [3.05, 3.63) is 29.6 Å². The van der Waals surface area contributed by atoms with E-state index in [9.17, 15) is 9.18 Å². The number of rotatable bonds is 5. The van der Waals surface area contributed by atoms with Crippen LogP contribution >= 0.6 is 0 Å². The number of hydrogen-bond acceptors (Lipinski definition) is 2. The molecule has 128 valence electrons. The number of carbonyl (C=O) groups excluding carboxylic acids is 1. The first-order chi connectivity index (χ1) is 11.0. The Kier molecular flexibility index (Phi) is 6.25. The Morgan fingerprint density at radius 2 is 2.13 bits per heavy atom. The van der Waals surface area contributed by atoms with E-state index in [1.807, 2.05) is 6.92 Å². The number of nitrogens with zero attached hydrogens (tertiary/aromatic N) is 1. The zero-order valence-corrected chi connectivity index (χ0v) is 14.3. The van der Waals surface area contributed by atoms with Crippen LogP contribution in [0.2, 0.25) is 0 Å². The lowest BCUT2D eigenvalue weighted by Gasteiger charge is -2.32. The molecule has 0 heterocycles. The largest absolute Gasteiger partial charge is 0.494 e. The fourth-order valence-electron chi connectivity index (χ4n) is 3.14. The van der Waals surface area contributed by atoms with E-state index in [0.717, 1.165) is 12.0 Å². The van der Waals surface area contributed by atoms with Crippen LogP contribution in [-0.4, -0.2) is 30.6 Å². The van der Waals surface area contributed by atoms with E-state index in [4.69, 9.17) is 4.74 Å². The van der Waals surface area contributed by atoms with Gasteiger partial charge in [0.25, 0.3) is 0 Å². The molecule has 0 spiro atoms. The normalized spacial score (nSPS) is 20.9. The fraction of sp³-hybridized carbons (Fsp3) is 0.611. The molecular formula is C18H27FN2O2. The van der Waals surface area contributed by atoms with Gasteiger partial charge in [-0.1, -0.05) is 25.8 Å². The smallest absolute Gasteiger partial charge is 0.317 e. The molecule has 2 rings (SSSR count). The van der Waals surface area contributed by atoms with Crippen LogP contribution in [0.5, 0.6) is 5.75 Å². The number of hydrogen-bond donors (Lipinski definition) is 1. The summed E-state index contributed by atoms with van der Waals surface area (Å²) in [5.74, 6) is 0.337. The summed E-state index contributed by atoms with van der Waals surface area (Å²) in [5, 5.41) is 3.15. The standard InChI is InChI=1S/C18H27FN2O2/c1-4-21(12-14-9-10-17(23-3)15(19)11-14)18(22)20-16-8-6-5-7-13(16)2/h9-11,13,16H,4-8,12H2,1-3H3,(H,20,22). The average Bonchev–Trinajstić information content (AvgIpc) is 2.54. The van der Waals surface area contributed by atoms with Gasteiger partial charge in [-0.2, -0.15) is 0 Å². The summed E-state index contributed by atoms with van der Waals surface area (Å²) in [4.78, 5) is 14.2. The zero-order chi connectivity index (χ0) is 16.8. The minimum Gasteiger partial charge on any atom is -0.494 e. The number of nitrogens with one attached hydrogen (secondary N) is 1. The lowest BCUT2D eigenvalue weighted by Crippen LogP contribution is -2.47. The lowest BCUT2D eigenvalue weighted by molar-refractivity contribution is 0.182. The van der Waals surface area contributed by atoms with Crippen LogP contribution in [-0.2, 0) is 6.54 Å². The van der Waals surface area contributed by atoms with E-state index in [0.29, 0.717) is 19.0 Å². The van der Waals surface area contributed by atoms with E-state index in [2.05, 4.69) is 12.2 Å². The number of halogens is 1. The van der Waals surface area contributed by atoms with Crippen molar-refractivity contribution in [1.29, 1.82) is 0 Å². The Bertz CT molecular complexity index is 536. The Morgan fingerprint density at radius 3 is 2.74 bits per heavy atom. The van der Waals surface area contributed by atoms with Crippen LogP contribution in [0.3, 0.4) is 0 Å². The predicted molar refractivity (Wildman–Crippen MR) is 89.0 cm³/mol. The fourth-order valence-corrected chi connectivity index (χ4v) is 3.14. The number of carbonyl (C=O) groups is 1. The van der Waals surface area contributed by atoms with Crippen molar-refractivity contribution in [2.24, 2.45) is 5.92 Å². The lowest BCUT2D eigenvalue weighted by atomic mass is 9.86. The number of amides is 2. The molecule has 0 aliphatic heterocycles. The number of urea groups is 1. The van der Waals surface area contributed by atoms with Gasteiger partial charge in [0.1, 0.15) is 0 Å². The first-order valence-corrected chi connectivity index (χ1v) is 8.43. The van der Waals surface area contributed by atoms with Gasteiger partial charge in [0.05, 0.1) is 7.11 Å². The number of benzene rings is 1. The molecule has 1 aromatic carbocycles. The molecule has 2 atom stereocenters. The summed E-state index contributed by atoms with van der Waals surface area (Å²) in [7, 11) is 1.44. The summed E-state index contributed by atoms with van der Waals surface area (Å²) in [6, 6.07) is 5.00. The predicted octanol–water partition coefficient (Wildman–Crippen LogP) is 3.94. The van der Waals surface area contributed by atoms with Crippen molar-refractivity contribution in [2.45, 2.75) is 52.1 Å². The molecule has 0 bridgehead atoms. The highest BCUT2D eigenvalue weighted by Gasteiger charge is 2.24. The maximum absolute atomic E-state index is 13.8. The molecular weight excluding hydrogens is 295 g/mol. The van der Waals surface area contributed by atoms with Crippen molar-refractivity contribution in [3.8, 4) is 5.75 Å². The molecule has 23 heavy (non-hydrogen) atoms. The molecule has 1 aromatic rings. The van der Waals surface area contributed by atoms with Gasteiger partial charge in [0, 0.05) is 19.1 Å². The van der Waals surface area contributed by atoms with Gasteiger partial charge in [-0.3, -0.25) is 0 Å². The van der Waals surface area contributed by atoms with Crippen molar-refractivity contribution in [2.75, 3.05) is 13.7 Å². The minimum absolute atomic E-state index is 0.0672. The summed E-state index contributed by atoms with van der Waals surface area (Å²) < 4.78 is 18.7. The van der Waals surface area contributed by atoms with Crippen molar-refractivity contribution < 1.29 is 13.9 Å². The first-order valence-electron chi connectivity index (χ1n) is 8.43. The van der Waals surface area contributed by atoms with Gasteiger partial charge in [-0.25, -0.2) is 9.18 Å². The maximum Gasteiger partial charge on any atom is 0.317 e. The molecule has 1 aliphatic rings. The highest BCUT2D eigenvalue weighted by molar-refractivity contribution is 5.74. The molecule has 2 amide bonds.